The summed E-state index contributed by atoms with van der Waals surface area (Å²) in [7, 11) is 1.65. The fourth-order valence-electron chi connectivity index (χ4n) is 3.64. The molecule has 0 atom stereocenters. The number of nitrogens with one attached hydrogen (secondary N) is 2. The molecule has 2 fully saturated rings. The van der Waals surface area contributed by atoms with Gasteiger partial charge in [0.05, 0.1) is 7.11 Å². The van der Waals surface area contributed by atoms with Crippen molar-refractivity contribution in [1.29, 1.82) is 0 Å². The van der Waals surface area contributed by atoms with E-state index in [1.54, 1.807) is 7.11 Å². The fraction of sp³-hybridized carbons (Fsp3) is 0.600. The molecule has 3 rings (SSSR count). The summed E-state index contributed by atoms with van der Waals surface area (Å²) in [4.78, 5) is 25.1. The van der Waals surface area contributed by atoms with E-state index in [9.17, 15) is 9.59 Å². The second-order valence-corrected chi connectivity index (χ2v) is 7.21. The van der Waals surface area contributed by atoms with Crippen LogP contribution in [0.2, 0.25) is 0 Å². The molecule has 0 radical (unpaired) electrons. The average molecular weight is 344 g/mol. The number of rotatable bonds is 7. The van der Waals surface area contributed by atoms with Crippen molar-refractivity contribution < 1.29 is 14.3 Å². The van der Waals surface area contributed by atoms with E-state index in [1.165, 1.54) is 19.3 Å². The lowest BCUT2D eigenvalue weighted by Gasteiger charge is -2.25. The third kappa shape index (κ3) is 4.14. The molecule has 136 valence electrons. The number of methoxy groups -OCH3 is 1. The van der Waals surface area contributed by atoms with Crippen LogP contribution in [0.25, 0.3) is 0 Å². The van der Waals surface area contributed by atoms with Crippen LogP contribution >= 0.6 is 0 Å². The van der Waals surface area contributed by atoms with Gasteiger partial charge in [0.1, 0.15) is 11.2 Å². The Morgan fingerprint density at radius 2 is 1.84 bits per heavy atom. The second kappa shape index (κ2) is 7.89. The monoisotopic (exact) mass is 344 g/mol. The molecule has 0 bridgehead atoms. The van der Waals surface area contributed by atoms with E-state index in [2.05, 4.69) is 10.6 Å². The van der Waals surface area contributed by atoms with Crippen LogP contribution in [0.3, 0.4) is 0 Å². The van der Waals surface area contributed by atoms with Crippen molar-refractivity contribution in [2.75, 3.05) is 13.7 Å². The van der Waals surface area contributed by atoms with Gasteiger partial charge in [-0.15, -0.1) is 0 Å². The molecular formula is C20H28N2O3. The van der Waals surface area contributed by atoms with Crippen LogP contribution in [0.15, 0.2) is 24.3 Å². The Labute approximate surface area is 149 Å². The first-order chi connectivity index (χ1) is 12.2. The SMILES string of the molecule is COc1ccccc1CCNC(=O)C1(C(=O)NC2CCCCC2)CC1. The fourth-order valence-corrected chi connectivity index (χ4v) is 3.64. The number of hydrogen-bond donors (Lipinski definition) is 2. The maximum atomic E-state index is 12.6. The summed E-state index contributed by atoms with van der Waals surface area (Å²) >= 11 is 0. The lowest BCUT2D eigenvalue weighted by atomic mass is 9.94. The molecule has 5 nitrogen and oxygen atoms in total. The molecule has 25 heavy (non-hydrogen) atoms. The number of amides is 2. The molecule has 0 spiro atoms. The molecule has 5 heteroatoms. The van der Waals surface area contributed by atoms with Crippen molar-refractivity contribution in [2.24, 2.45) is 5.41 Å². The zero-order valence-corrected chi connectivity index (χ0v) is 15.0. The minimum Gasteiger partial charge on any atom is -0.496 e. The molecule has 1 aromatic carbocycles. The Hall–Kier alpha value is -2.04. The highest BCUT2D eigenvalue weighted by atomic mass is 16.5. The van der Waals surface area contributed by atoms with Crippen LogP contribution in [0, 0.1) is 5.41 Å². The maximum Gasteiger partial charge on any atom is 0.235 e. The maximum absolute atomic E-state index is 12.6. The van der Waals surface area contributed by atoms with Crippen LogP contribution in [0.5, 0.6) is 5.75 Å². The van der Waals surface area contributed by atoms with Crippen molar-refractivity contribution in [3.8, 4) is 5.75 Å². The highest BCUT2D eigenvalue weighted by Gasteiger charge is 2.56. The van der Waals surface area contributed by atoms with E-state index in [-0.39, 0.29) is 17.9 Å². The van der Waals surface area contributed by atoms with Gasteiger partial charge in [-0.05, 0) is 43.7 Å². The minimum absolute atomic E-state index is 0.0748. The first-order valence-electron chi connectivity index (χ1n) is 9.37. The topological polar surface area (TPSA) is 67.4 Å². The molecule has 0 unspecified atom stereocenters. The summed E-state index contributed by atoms with van der Waals surface area (Å²) in [6, 6.07) is 8.04. The summed E-state index contributed by atoms with van der Waals surface area (Å²) in [5, 5.41) is 6.06. The molecule has 2 amide bonds. The summed E-state index contributed by atoms with van der Waals surface area (Å²) < 4.78 is 5.33. The van der Waals surface area contributed by atoms with E-state index in [1.807, 2.05) is 24.3 Å². The Morgan fingerprint density at radius 3 is 2.52 bits per heavy atom. The van der Waals surface area contributed by atoms with Crippen LogP contribution in [-0.4, -0.2) is 31.5 Å². The first kappa shape index (κ1) is 17.8. The van der Waals surface area contributed by atoms with Crippen molar-refractivity contribution >= 4 is 11.8 Å². The van der Waals surface area contributed by atoms with Crippen LogP contribution in [-0.2, 0) is 16.0 Å². The number of benzene rings is 1. The third-order valence-electron chi connectivity index (χ3n) is 5.43. The van der Waals surface area contributed by atoms with Gasteiger partial charge in [0.15, 0.2) is 0 Å². The number of para-hydroxylation sites is 1. The lowest BCUT2D eigenvalue weighted by molar-refractivity contribution is -0.137. The zero-order valence-electron chi connectivity index (χ0n) is 15.0. The Kier molecular flexibility index (Phi) is 5.61. The van der Waals surface area contributed by atoms with Crippen LogP contribution < -0.4 is 15.4 Å². The standard InChI is InChI=1S/C20H28N2O3/c1-25-17-10-6-5-7-15(17)11-14-21-18(23)20(12-13-20)19(24)22-16-8-3-2-4-9-16/h5-7,10,16H,2-4,8-9,11-14H2,1H3,(H,21,23)(H,22,24). The van der Waals surface area contributed by atoms with Crippen molar-refractivity contribution in [3.05, 3.63) is 29.8 Å². The summed E-state index contributed by atoms with van der Waals surface area (Å²) in [5.74, 6) is 0.623. The predicted octanol–water partition coefficient (Wildman–Crippen LogP) is 2.58. The minimum atomic E-state index is -0.821. The van der Waals surface area contributed by atoms with Gasteiger partial charge in [-0.3, -0.25) is 9.59 Å². The highest BCUT2D eigenvalue weighted by Crippen LogP contribution is 2.46. The van der Waals surface area contributed by atoms with E-state index in [0.29, 0.717) is 25.8 Å². The van der Waals surface area contributed by atoms with E-state index >= 15 is 0 Å². The predicted molar refractivity (Wildman–Crippen MR) is 96.4 cm³/mol. The van der Waals surface area contributed by atoms with Gasteiger partial charge in [-0.1, -0.05) is 37.5 Å². The summed E-state index contributed by atoms with van der Waals surface area (Å²) in [5.41, 5.74) is 0.236. The third-order valence-corrected chi connectivity index (χ3v) is 5.43. The van der Waals surface area contributed by atoms with Gasteiger partial charge < -0.3 is 15.4 Å². The smallest absolute Gasteiger partial charge is 0.235 e. The molecule has 0 heterocycles. The molecule has 2 N–H and O–H groups in total. The molecule has 2 aliphatic rings. The van der Waals surface area contributed by atoms with Gasteiger partial charge in [0, 0.05) is 12.6 Å². The van der Waals surface area contributed by atoms with E-state index in [0.717, 1.165) is 24.2 Å². The molecule has 1 aromatic rings. The van der Waals surface area contributed by atoms with Crippen molar-refractivity contribution in [1.82, 2.24) is 10.6 Å². The Bertz CT molecular complexity index is 619. The van der Waals surface area contributed by atoms with Crippen LogP contribution in [0.1, 0.15) is 50.5 Å². The van der Waals surface area contributed by atoms with Gasteiger partial charge >= 0.3 is 0 Å². The molecule has 2 saturated carbocycles. The van der Waals surface area contributed by atoms with E-state index < -0.39 is 5.41 Å². The second-order valence-electron chi connectivity index (χ2n) is 7.21. The summed E-state index contributed by atoms with van der Waals surface area (Å²) in [6.45, 7) is 0.512. The number of ether oxygens (including phenoxy) is 1. The van der Waals surface area contributed by atoms with Gasteiger partial charge in [0.2, 0.25) is 11.8 Å². The summed E-state index contributed by atoms with van der Waals surface area (Å²) in [6.07, 6.45) is 7.68. The van der Waals surface area contributed by atoms with Gasteiger partial charge in [0.25, 0.3) is 0 Å². The molecule has 0 aromatic heterocycles. The number of hydrogen-bond acceptors (Lipinski definition) is 3. The molecular weight excluding hydrogens is 316 g/mol. The molecule has 0 aliphatic heterocycles. The molecule has 0 saturated heterocycles. The lowest BCUT2D eigenvalue weighted by Crippen LogP contribution is -2.47. The Balaban J connectivity index is 1.49. The van der Waals surface area contributed by atoms with Crippen molar-refractivity contribution in [2.45, 2.75) is 57.4 Å². The van der Waals surface area contributed by atoms with Gasteiger partial charge in [-0.2, -0.15) is 0 Å². The quantitative estimate of drug-likeness (QED) is 0.747. The largest absolute Gasteiger partial charge is 0.496 e. The van der Waals surface area contributed by atoms with Crippen molar-refractivity contribution in [3.63, 3.8) is 0 Å². The normalized spacial score (nSPS) is 19.1. The van der Waals surface area contributed by atoms with E-state index in [4.69, 9.17) is 4.74 Å². The van der Waals surface area contributed by atoms with Gasteiger partial charge in [-0.25, -0.2) is 0 Å². The molecule has 2 aliphatic carbocycles. The number of carbonyl (C=O) groups is 2. The first-order valence-corrected chi connectivity index (χ1v) is 9.37. The number of carbonyl (C=O) groups excluding carboxylic acids is 2. The Morgan fingerprint density at radius 1 is 1.12 bits per heavy atom. The zero-order chi connectivity index (χ0) is 17.7. The highest BCUT2D eigenvalue weighted by molar-refractivity contribution is 6.07. The average Bonchev–Trinajstić information content (AvgIpc) is 3.45. The van der Waals surface area contributed by atoms with Crippen LogP contribution in [0.4, 0.5) is 0 Å².